The van der Waals surface area contributed by atoms with Gasteiger partial charge in [0.25, 0.3) is 0 Å². The minimum absolute atomic E-state index is 0.868. The highest BCUT2D eigenvalue weighted by Gasteiger charge is 2.61. The maximum atomic E-state index is 13.2. The Balaban J connectivity index is 1.05. The van der Waals surface area contributed by atoms with Crippen LogP contribution in [0, 0.1) is 0 Å². The lowest BCUT2D eigenvalue weighted by Crippen LogP contribution is -2.70. The van der Waals surface area contributed by atoms with E-state index in [1.54, 1.807) is 0 Å². The summed E-state index contributed by atoms with van der Waals surface area (Å²) in [6.07, 6.45) is -97.4. The fourth-order valence-corrected chi connectivity index (χ4v) is 15.0. The van der Waals surface area contributed by atoms with Crippen molar-refractivity contribution in [1.82, 2.24) is 16.0 Å². The number of carbonyl (C=O) groups excluding carboxylic acids is 3. The Morgan fingerprint density at radius 1 is 0.311 bits per heavy atom. The summed E-state index contributed by atoms with van der Waals surface area (Å²) in [5, 5.41) is 328. The molecule has 9 aliphatic rings. The van der Waals surface area contributed by atoms with Crippen LogP contribution in [0.3, 0.4) is 0 Å². The minimum atomic E-state index is -2.63. The molecule has 9 aliphatic heterocycles. The number of ether oxygens (including phenoxy) is 18. The van der Waals surface area contributed by atoms with Crippen LogP contribution in [0.2, 0.25) is 0 Å². The maximum Gasteiger partial charge on any atom is 0.217 e. The van der Waals surface area contributed by atoms with Gasteiger partial charge < -0.3 is 249 Å². The number of rotatable bonds is 34. The molecular formula is C66H113N3O50. The summed E-state index contributed by atoms with van der Waals surface area (Å²) in [5.41, 5.74) is 0. The molecule has 0 radical (unpaired) electrons. The summed E-state index contributed by atoms with van der Waals surface area (Å²) in [7, 11) is 0. The van der Waals surface area contributed by atoms with Crippen LogP contribution in [0.5, 0.6) is 0 Å². The molecule has 0 aromatic rings. The van der Waals surface area contributed by atoms with Crippen LogP contribution in [-0.2, 0) is 99.6 Å². The van der Waals surface area contributed by atoms with E-state index in [-0.39, 0.29) is 0 Å². The molecule has 0 bridgehead atoms. The molecule has 119 heavy (non-hydrogen) atoms. The van der Waals surface area contributed by atoms with Gasteiger partial charge in [0, 0.05) is 20.8 Å². The molecule has 0 aromatic heterocycles. The van der Waals surface area contributed by atoms with Crippen molar-refractivity contribution in [2.24, 2.45) is 0 Å². The number of carbonyl (C=O) groups is 3. The predicted octanol–water partition coefficient (Wildman–Crippen LogP) is -21.7. The van der Waals surface area contributed by atoms with Crippen molar-refractivity contribution >= 4 is 17.7 Å². The van der Waals surface area contributed by atoms with Gasteiger partial charge >= 0.3 is 0 Å². The van der Waals surface area contributed by atoms with E-state index in [0.29, 0.717) is 0 Å². The molecule has 0 aliphatic carbocycles. The molecule has 53 heteroatoms. The molecule has 0 saturated carbocycles. The highest BCUT2D eigenvalue weighted by atomic mass is 16.8. The molecular weight excluding hydrogens is 1630 g/mol. The molecule has 9 fully saturated rings. The largest absolute Gasteiger partial charge is 0.394 e. The lowest BCUT2D eigenvalue weighted by atomic mass is 9.94. The smallest absolute Gasteiger partial charge is 0.217 e. The number of aliphatic hydroxyl groups is 29. The first-order valence-electron chi connectivity index (χ1n) is 37.9. The standard InChI is InChI=1S/C66H113N3O50/c1-15-31(82)41(92)46(97)60(104-15)102-13-20(81)51(32(83)19(5-70)67-16(2)78)113-58-29(68-17(3)79)39(90)53(27(12-77)110-58)115-64-50(101)55(117-65-56(44(95)35(86)23(8-73)108-65)118-59-30(69-18(4)80)40(91)52(26(11-76)111-59)114-62-47(98)42(93)33(84)21(6-71)106-62)38(89)28(112-64)14-103-61-49(100)54(37(88)25(10-75)105-61)116-66-57(45(96)36(87)24(9-74)109-66)119-63-48(99)43(94)34(85)22(7-72)107-63/h15,19-66,70-77,81-101H,5-14H2,1-4H3,(H,67,78)(H,68,79)(H,69,80)/t15-,19+,20-,21-,22-,23-,24-,25-,26-,27-,28-,29-,30-,31+,32-,33+,34-,35-,36-,37-,38-,39-,40-,41+,42+,43+,44+,45+,46-,47-,48+,49+,50+,51-,52-,53-,54+,55+,56+,57+,58+,59+,60+,61+,62+,63-,64+,65-,66-/m1/s1. The second kappa shape index (κ2) is 43.8. The fraction of sp³-hybridized carbons (Fsp3) is 0.955. The molecule has 692 valence electrons. The van der Waals surface area contributed by atoms with Gasteiger partial charge in [-0.3, -0.25) is 14.4 Å². The fourth-order valence-electron chi connectivity index (χ4n) is 15.0. The summed E-state index contributed by atoms with van der Waals surface area (Å²) < 4.78 is 105. The average molecular weight is 1750 g/mol. The first-order chi connectivity index (χ1) is 56.2. The lowest BCUT2D eigenvalue weighted by molar-refractivity contribution is -0.399. The Bertz CT molecular complexity index is 3100. The SMILES string of the molecule is CC(=O)N[C@H]1[C@H](O[C@@H]([C@H](O)[C@H](CO)NC(C)=O)[C@H](O)CO[C@H]2O[C@H](C)[C@H](O)[C@H](O)[C@H]2O)O[C@H](CO)[C@@H](O[C@@H]2O[C@H](CO[C@H]3O[C@H](CO)[C@@H](O)[C@H](O[C@H]4O[C@H](CO)[C@@H](O)[C@H](O)[C@@H]4O[C@H]4O[C@H](CO)[C@@H](O)[C@H](O)[C@@H]4O)[C@@H]3O)[C@@H](O)[C@H](O[C@H]3O[C@H](CO)[C@@H](O)[C@H](O)[C@@H]3O[C@@H]3O[C@H](CO)[C@@H](O[C@@H]4O[C@H](CO)[C@H](O)[C@H](O)[C@H]4O)[C@H](O)[C@H]3NC(C)=O)[C@@H]2O)[C@@H]1O. The monoisotopic (exact) mass is 1750 g/mol. The second-order valence-electron chi connectivity index (χ2n) is 30.0. The van der Waals surface area contributed by atoms with Crippen molar-refractivity contribution in [2.45, 2.75) is 328 Å². The molecule has 49 atom stereocenters. The van der Waals surface area contributed by atoms with Crippen molar-refractivity contribution in [3.8, 4) is 0 Å². The first kappa shape index (κ1) is 99.3. The normalized spacial score (nSPS) is 47.9. The van der Waals surface area contributed by atoms with Crippen LogP contribution in [0.15, 0.2) is 0 Å². The molecule has 3 amide bonds. The van der Waals surface area contributed by atoms with Gasteiger partial charge in [0.15, 0.2) is 56.6 Å². The van der Waals surface area contributed by atoms with Crippen molar-refractivity contribution in [1.29, 1.82) is 0 Å². The molecule has 0 spiro atoms. The summed E-state index contributed by atoms with van der Waals surface area (Å²) in [6, 6.07) is -5.81. The molecule has 0 unspecified atom stereocenters. The summed E-state index contributed by atoms with van der Waals surface area (Å²) in [4.78, 5) is 38.5. The van der Waals surface area contributed by atoms with Crippen molar-refractivity contribution < 1.29 is 248 Å². The van der Waals surface area contributed by atoms with E-state index < -0.39 is 384 Å². The topological polar surface area (TPSA) is 840 Å². The van der Waals surface area contributed by atoms with Gasteiger partial charge in [0.05, 0.1) is 78.2 Å². The van der Waals surface area contributed by atoms with Gasteiger partial charge in [-0.15, -0.1) is 0 Å². The third-order valence-electron chi connectivity index (χ3n) is 21.7. The minimum Gasteiger partial charge on any atom is -0.394 e. The Morgan fingerprint density at radius 3 is 1.08 bits per heavy atom. The van der Waals surface area contributed by atoms with E-state index in [4.69, 9.17) is 85.3 Å². The van der Waals surface area contributed by atoms with E-state index in [0.717, 1.165) is 20.8 Å². The number of nitrogens with one attached hydrogen (secondary N) is 3. The van der Waals surface area contributed by atoms with Crippen LogP contribution in [0.1, 0.15) is 27.7 Å². The van der Waals surface area contributed by atoms with Gasteiger partial charge in [-0.05, 0) is 6.92 Å². The summed E-state index contributed by atoms with van der Waals surface area (Å²) >= 11 is 0. The van der Waals surface area contributed by atoms with Crippen molar-refractivity contribution in [2.75, 3.05) is 66.1 Å². The Morgan fingerprint density at radius 2 is 0.639 bits per heavy atom. The van der Waals surface area contributed by atoms with E-state index >= 15 is 0 Å². The van der Waals surface area contributed by atoms with Gasteiger partial charge in [0.1, 0.15) is 232 Å². The van der Waals surface area contributed by atoms with Gasteiger partial charge in [0.2, 0.25) is 17.7 Å². The molecule has 0 aromatic carbocycles. The number of amides is 3. The average Bonchev–Trinajstić information content (AvgIpc) is 0.772. The molecule has 32 N–H and O–H groups in total. The van der Waals surface area contributed by atoms with Crippen LogP contribution in [-0.4, -0.2) is 532 Å². The number of hydrogen-bond acceptors (Lipinski definition) is 50. The van der Waals surface area contributed by atoms with Gasteiger partial charge in [-0.2, -0.15) is 0 Å². The molecule has 9 rings (SSSR count). The maximum absolute atomic E-state index is 13.2. The summed E-state index contributed by atoms with van der Waals surface area (Å²) in [5.74, 6) is -2.87. The van der Waals surface area contributed by atoms with E-state index in [2.05, 4.69) is 16.0 Å². The Kier molecular flexibility index (Phi) is 36.6. The quantitative estimate of drug-likeness (QED) is 0.0284. The number of hydrogen-bond donors (Lipinski definition) is 32. The zero-order valence-electron chi connectivity index (χ0n) is 63.9. The van der Waals surface area contributed by atoms with Crippen LogP contribution in [0.4, 0.5) is 0 Å². The Hall–Kier alpha value is -3.47. The van der Waals surface area contributed by atoms with E-state index in [1.807, 2.05) is 0 Å². The first-order valence-corrected chi connectivity index (χ1v) is 37.9. The van der Waals surface area contributed by atoms with Crippen LogP contribution < -0.4 is 16.0 Å². The van der Waals surface area contributed by atoms with Crippen molar-refractivity contribution in [3.63, 3.8) is 0 Å². The number of aliphatic hydroxyl groups excluding tert-OH is 29. The highest BCUT2D eigenvalue weighted by molar-refractivity contribution is 5.74. The third kappa shape index (κ3) is 22.4. The van der Waals surface area contributed by atoms with Gasteiger partial charge in [-0.25, -0.2) is 0 Å². The summed E-state index contributed by atoms with van der Waals surface area (Å²) in [6.45, 7) is -7.23. The lowest BCUT2D eigenvalue weighted by Gasteiger charge is -2.51. The Labute approximate surface area is 674 Å². The van der Waals surface area contributed by atoms with Crippen LogP contribution in [0.25, 0.3) is 0 Å². The third-order valence-corrected chi connectivity index (χ3v) is 21.7. The molecule has 9 saturated heterocycles. The van der Waals surface area contributed by atoms with E-state index in [1.165, 1.54) is 6.92 Å². The molecule has 53 nitrogen and oxygen atoms in total. The second-order valence-corrected chi connectivity index (χ2v) is 30.0. The van der Waals surface area contributed by atoms with Gasteiger partial charge in [-0.1, -0.05) is 0 Å². The highest BCUT2D eigenvalue weighted by Crippen LogP contribution is 2.40. The zero-order chi connectivity index (χ0) is 87.9. The van der Waals surface area contributed by atoms with Crippen LogP contribution >= 0.6 is 0 Å². The van der Waals surface area contributed by atoms with Crippen molar-refractivity contribution in [3.05, 3.63) is 0 Å². The predicted molar refractivity (Wildman–Crippen MR) is 365 cm³/mol. The molecule has 9 heterocycles. The zero-order valence-corrected chi connectivity index (χ0v) is 63.9. The van der Waals surface area contributed by atoms with E-state index in [9.17, 15) is 162 Å².